The number of aryl methyl sites for hydroxylation is 1. The smallest absolute Gasteiger partial charge is 0.261 e. The maximum atomic E-state index is 14.3. The number of benzene rings is 2. The summed E-state index contributed by atoms with van der Waals surface area (Å²) in [6.45, 7) is 0.516. The molecule has 0 aliphatic carbocycles. The number of rotatable bonds is 9. The molecule has 0 amide bonds. The van der Waals surface area contributed by atoms with Gasteiger partial charge in [-0.1, -0.05) is 5.21 Å². The van der Waals surface area contributed by atoms with Crippen molar-refractivity contribution in [2.24, 2.45) is 0 Å². The van der Waals surface area contributed by atoms with Gasteiger partial charge in [0.15, 0.2) is 5.82 Å². The summed E-state index contributed by atoms with van der Waals surface area (Å²) < 4.78 is 70.8. The molecule has 0 spiro atoms. The maximum Gasteiger partial charge on any atom is 0.261 e. The third kappa shape index (κ3) is 5.87. The van der Waals surface area contributed by atoms with E-state index in [4.69, 9.17) is 9.47 Å². The molecular formula is C27H24BrF4N7O4S. The van der Waals surface area contributed by atoms with Crippen LogP contribution in [-0.2, 0) is 9.47 Å². The van der Waals surface area contributed by atoms with Crippen molar-refractivity contribution in [2.45, 2.75) is 50.2 Å². The van der Waals surface area contributed by atoms with E-state index >= 15 is 0 Å². The lowest BCUT2D eigenvalue weighted by Crippen LogP contribution is -2.53. The molecule has 44 heavy (non-hydrogen) atoms. The van der Waals surface area contributed by atoms with Crippen molar-refractivity contribution < 1.29 is 37.2 Å². The van der Waals surface area contributed by atoms with Crippen molar-refractivity contribution >= 4 is 37.5 Å². The van der Waals surface area contributed by atoms with Gasteiger partial charge in [-0.2, -0.15) is 0 Å². The van der Waals surface area contributed by atoms with Crippen LogP contribution in [0.2, 0.25) is 0 Å². The molecule has 0 bridgehead atoms. The molecule has 11 nitrogen and oxygen atoms in total. The van der Waals surface area contributed by atoms with Crippen molar-refractivity contribution in [3.05, 3.63) is 69.8 Å². The van der Waals surface area contributed by atoms with Crippen LogP contribution in [0.5, 0.6) is 0 Å². The van der Waals surface area contributed by atoms with Gasteiger partial charge < -0.3 is 19.7 Å². The zero-order valence-electron chi connectivity index (χ0n) is 22.8. The first kappa shape index (κ1) is 30.7. The van der Waals surface area contributed by atoms with E-state index in [-0.39, 0.29) is 34.6 Å². The second-order valence-electron chi connectivity index (χ2n) is 10.1. The summed E-state index contributed by atoms with van der Waals surface area (Å²) in [6, 6.07) is 6.40. The van der Waals surface area contributed by atoms with Crippen LogP contribution in [-0.4, -0.2) is 82.9 Å². The molecule has 5 atom stereocenters. The Morgan fingerprint density at radius 3 is 2.66 bits per heavy atom. The summed E-state index contributed by atoms with van der Waals surface area (Å²) in [5, 5.41) is 38.4. The number of thiazole rings is 1. The largest absolute Gasteiger partial charge is 0.396 e. The van der Waals surface area contributed by atoms with E-state index < -0.39 is 55.1 Å². The first-order valence-corrected chi connectivity index (χ1v) is 14.9. The van der Waals surface area contributed by atoms with Gasteiger partial charge in [0, 0.05) is 17.9 Å². The minimum Gasteiger partial charge on any atom is -0.396 e. The van der Waals surface area contributed by atoms with Crippen molar-refractivity contribution in [1.29, 1.82) is 0 Å². The van der Waals surface area contributed by atoms with Crippen LogP contribution in [0.4, 0.5) is 17.6 Å². The Morgan fingerprint density at radius 1 is 1.16 bits per heavy atom. The highest BCUT2D eigenvalue weighted by Gasteiger charge is 2.50. The molecule has 1 aliphatic rings. The topological polar surface area (TPSA) is 133 Å². The Hall–Kier alpha value is -3.35. The van der Waals surface area contributed by atoms with Gasteiger partial charge in [-0.05, 0) is 59.6 Å². The van der Waals surface area contributed by atoms with Gasteiger partial charge in [-0.25, -0.2) is 27.2 Å². The van der Waals surface area contributed by atoms with Crippen LogP contribution in [0.15, 0.2) is 47.3 Å². The number of nitrogens with zero attached hydrogens (tertiary/aromatic N) is 7. The minimum atomic E-state index is -2.86. The number of halogens is 5. The monoisotopic (exact) mass is 697 g/mol. The normalized spacial score (nSPS) is 22.3. The third-order valence-electron chi connectivity index (χ3n) is 7.20. The zero-order chi connectivity index (χ0) is 31.1. The Balaban J connectivity index is 1.43. The van der Waals surface area contributed by atoms with Gasteiger partial charge in [0.05, 0.1) is 32.0 Å². The summed E-state index contributed by atoms with van der Waals surface area (Å²) >= 11 is 4.32. The molecule has 3 aromatic heterocycles. The van der Waals surface area contributed by atoms with Crippen LogP contribution in [0.3, 0.4) is 0 Å². The molecule has 1 fully saturated rings. The fraction of sp³-hybridized carbons (Fsp3) is 0.370. The highest BCUT2D eigenvalue weighted by molar-refractivity contribution is 9.10. The van der Waals surface area contributed by atoms with Crippen LogP contribution in [0.25, 0.3) is 27.2 Å². The number of fused-ring (bicyclic) bond motifs is 1. The number of alkyl halides is 2. The summed E-state index contributed by atoms with van der Waals surface area (Å²) in [5.74, 6) is -1.55. The first-order chi connectivity index (χ1) is 21.1. The third-order valence-corrected chi connectivity index (χ3v) is 8.89. The second kappa shape index (κ2) is 12.6. The van der Waals surface area contributed by atoms with Gasteiger partial charge >= 0.3 is 0 Å². The number of aromatic nitrogens is 7. The highest BCUT2D eigenvalue weighted by atomic mass is 79.9. The van der Waals surface area contributed by atoms with Gasteiger partial charge in [0.1, 0.15) is 54.6 Å². The van der Waals surface area contributed by atoms with Crippen LogP contribution in [0, 0.1) is 18.6 Å². The van der Waals surface area contributed by atoms with E-state index in [0.717, 1.165) is 27.4 Å². The molecule has 0 unspecified atom stereocenters. The van der Waals surface area contributed by atoms with Crippen LogP contribution < -0.4 is 0 Å². The second-order valence-corrected chi connectivity index (χ2v) is 12.1. The molecule has 4 heterocycles. The number of aliphatic hydroxyl groups excluding tert-OH is 2. The van der Waals surface area contributed by atoms with Crippen molar-refractivity contribution in [1.82, 2.24) is 34.7 Å². The number of hydrogen-bond donors (Lipinski definition) is 2. The number of hydrogen-bond acceptors (Lipinski definition) is 10. The van der Waals surface area contributed by atoms with Gasteiger partial charge in [-0.15, -0.1) is 26.6 Å². The molecule has 2 aromatic carbocycles. The Morgan fingerprint density at radius 2 is 1.93 bits per heavy atom. The average molecular weight is 698 g/mol. The SMILES string of the molecule is Cc1nc2ccc(-n3cnnc3[C@@H]3O[C@H](CCO)[C@H](O)[C@H](n4cc(-c5cc(F)c(Br)c(F)c5)nn4)[C@H]3OCC(F)F)cc2s1. The Kier molecular flexibility index (Phi) is 8.76. The predicted molar refractivity (Wildman–Crippen MR) is 152 cm³/mol. The quantitative estimate of drug-likeness (QED) is 0.168. The summed E-state index contributed by atoms with van der Waals surface area (Å²) in [6.07, 6.45) is -5.09. The minimum absolute atomic E-state index is 0.0271. The Labute approximate surface area is 259 Å². The molecule has 0 saturated carbocycles. The van der Waals surface area contributed by atoms with Crippen molar-refractivity contribution in [3.8, 4) is 16.9 Å². The molecule has 0 radical (unpaired) electrons. The fourth-order valence-electron chi connectivity index (χ4n) is 5.26. The average Bonchev–Trinajstić information content (AvgIpc) is 3.74. The lowest BCUT2D eigenvalue weighted by Gasteiger charge is -2.44. The van der Waals surface area contributed by atoms with Crippen molar-refractivity contribution in [2.75, 3.05) is 13.2 Å². The van der Waals surface area contributed by atoms with Crippen LogP contribution in [0.1, 0.15) is 29.4 Å². The summed E-state index contributed by atoms with van der Waals surface area (Å²) in [5.41, 5.74) is 1.55. The molecule has 5 aromatic rings. The number of ether oxygens (including phenoxy) is 2. The van der Waals surface area contributed by atoms with Gasteiger partial charge in [0.2, 0.25) is 0 Å². The standard InChI is InChI=1S/C27H24BrF4N7O4S/c1-12-34-17-3-2-14(8-20(17)44-12)38-11-33-36-27(38)26-25(42-10-21(31)32)23(24(41)19(43-26)4-5-40)39-9-18(35-37-39)13-6-15(29)22(28)16(30)7-13/h2-3,6-9,11,19,21,23-26,40-41H,4-5,10H2,1H3/t19-,23+,24+,25-,26-/m1/s1. The maximum absolute atomic E-state index is 14.3. The summed E-state index contributed by atoms with van der Waals surface area (Å²) in [4.78, 5) is 4.47. The molecule has 6 rings (SSSR count). The van der Waals surface area contributed by atoms with Gasteiger partial charge in [-0.3, -0.25) is 4.57 Å². The van der Waals surface area contributed by atoms with E-state index in [1.54, 1.807) is 10.6 Å². The molecule has 17 heteroatoms. The molecule has 1 aliphatic heterocycles. The van der Waals surface area contributed by atoms with E-state index in [1.165, 1.54) is 28.5 Å². The number of aliphatic hydroxyl groups is 2. The van der Waals surface area contributed by atoms with E-state index in [0.29, 0.717) is 5.69 Å². The fourth-order valence-corrected chi connectivity index (χ4v) is 6.35. The molecule has 1 saturated heterocycles. The molecular weight excluding hydrogens is 674 g/mol. The first-order valence-electron chi connectivity index (χ1n) is 13.3. The van der Waals surface area contributed by atoms with E-state index in [9.17, 15) is 27.8 Å². The summed E-state index contributed by atoms with van der Waals surface area (Å²) in [7, 11) is 0. The lowest BCUT2D eigenvalue weighted by atomic mass is 9.90. The highest BCUT2D eigenvalue weighted by Crippen LogP contribution is 2.41. The predicted octanol–water partition coefficient (Wildman–Crippen LogP) is 4.56. The lowest BCUT2D eigenvalue weighted by molar-refractivity contribution is -0.225. The Bertz CT molecular complexity index is 1760. The van der Waals surface area contributed by atoms with E-state index in [1.807, 2.05) is 19.1 Å². The molecule has 232 valence electrons. The molecule has 2 N–H and O–H groups in total. The zero-order valence-corrected chi connectivity index (χ0v) is 25.2. The van der Waals surface area contributed by atoms with Gasteiger partial charge in [0.25, 0.3) is 6.43 Å². The van der Waals surface area contributed by atoms with Crippen LogP contribution >= 0.6 is 27.3 Å². The van der Waals surface area contributed by atoms with E-state index in [2.05, 4.69) is 41.4 Å². The van der Waals surface area contributed by atoms with Crippen molar-refractivity contribution in [3.63, 3.8) is 0 Å².